The van der Waals surface area contributed by atoms with Gasteiger partial charge < -0.3 is 0 Å². The highest BCUT2D eigenvalue weighted by atomic mass is 28.3. The molecule has 0 bridgehead atoms. The summed E-state index contributed by atoms with van der Waals surface area (Å²) < 4.78 is 0. The number of nitrogens with zero attached hydrogens (tertiary/aromatic N) is 4. The lowest BCUT2D eigenvalue weighted by molar-refractivity contribution is 1.28. The van der Waals surface area contributed by atoms with Crippen LogP contribution in [0.1, 0.15) is 44.5 Å². The minimum Gasteiger partial charge on any atom is -0.264 e. The van der Waals surface area contributed by atoms with E-state index in [9.17, 15) is 0 Å². The molecule has 0 atom stereocenters. The predicted octanol–water partition coefficient (Wildman–Crippen LogP) is 13.4. The highest BCUT2D eigenvalue weighted by Crippen LogP contribution is 2.61. The van der Waals surface area contributed by atoms with E-state index in [-0.39, 0.29) is 0 Å². The zero-order valence-electron chi connectivity index (χ0n) is 35.0. The fourth-order valence-corrected chi connectivity index (χ4v) is 22.2. The Kier molecular flexibility index (Phi) is 10.5. The SMILES string of the molecule is C[Si]1(CC[Si]2(C)C(c3cccnc3)=C(c3ccccc3)C(c3ccccc3)=C2c2cccnc2)C(c2cccnc2)=C(c2ccccc2)C(c2ccccc2)=C1c1cccnc1. The quantitative estimate of drug-likeness (QED) is 0.122. The molecule has 62 heavy (non-hydrogen) atoms. The maximum atomic E-state index is 4.80. The van der Waals surface area contributed by atoms with E-state index in [1.807, 2.05) is 24.8 Å². The molecule has 0 unspecified atom stereocenters. The molecular weight excluding hydrogens is 785 g/mol. The van der Waals surface area contributed by atoms with Gasteiger partial charge in [-0.1, -0.05) is 171 Å². The van der Waals surface area contributed by atoms with Crippen molar-refractivity contribution in [3.05, 3.63) is 264 Å². The van der Waals surface area contributed by atoms with Crippen molar-refractivity contribution in [1.82, 2.24) is 19.9 Å². The molecule has 0 N–H and O–H groups in total. The van der Waals surface area contributed by atoms with Gasteiger partial charge in [0.15, 0.2) is 0 Å². The van der Waals surface area contributed by atoms with Crippen molar-refractivity contribution in [3.63, 3.8) is 0 Å². The average molecular weight is 831 g/mol. The second-order valence-electron chi connectivity index (χ2n) is 16.6. The number of rotatable bonds is 11. The van der Waals surface area contributed by atoms with Crippen LogP contribution in [-0.2, 0) is 0 Å². The van der Waals surface area contributed by atoms with E-state index in [0.29, 0.717) is 0 Å². The number of hydrogen-bond donors (Lipinski definition) is 0. The van der Waals surface area contributed by atoms with Crippen molar-refractivity contribution in [2.75, 3.05) is 0 Å². The largest absolute Gasteiger partial charge is 0.264 e. The van der Waals surface area contributed by atoms with Gasteiger partial charge in [-0.15, -0.1) is 0 Å². The van der Waals surface area contributed by atoms with Crippen molar-refractivity contribution in [1.29, 1.82) is 0 Å². The summed E-state index contributed by atoms with van der Waals surface area (Å²) in [5.74, 6) is 0. The molecule has 4 aromatic carbocycles. The molecule has 6 heterocycles. The summed E-state index contributed by atoms with van der Waals surface area (Å²) in [6.45, 7) is 5.25. The number of hydrogen-bond acceptors (Lipinski definition) is 4. The minimum atomic E-state index is -2.76. The third kappa shape index (κ3) is 6.87. The van der Waals surface area contributed by atoms with Gasteiger partial charge >= 0.3 is 0 Å². The Morgan fingerprint density at radius 3 is 0.677 bits per heavy atom. The Balaban J connectivity index is 1.29. The Morgan fingerprint density at radius 1 is 0.274 bits per heavy atom. The van der Waals surface area contributed by atoms with E-state index in [1.165, 1.54) is 87.6 Å². The maximum absolute atomic E-state index is 4.80. The summed E-state index contributed by atoms with van der Waals surface area (Å²) in [5, 5.41) is 5.71. The predicted molar refractivity (Wildman–Crippen MR) is 263 cm³/mol. The Labute approximate surface area is 366 Å². The van der Waals surface area contributed by atoms with Crippen LogP contribution in [-0.4, -0.2) is 36.1 Å². The molecule has 0 saturated heterocycles. The van der Waals surface area contributed by atoms with Crippen LogP contribution >= 0.6 is 0 Å². The van der Waals surface area contributed by atoms with E-state index >= 15 is 0 Å². The smallest absolute Gasteiger partial charge is 0.118 e. The number of aromatic nitrogens is 4. The number of benzene rings is 4. The third-order valence-electron chi connectivity index (χ3n) is 12.9. The van der Waals surface area contributed by atoms with Crippen molar-refractivity contribution in [3.8, 4) is 0 Å². The van der Waals surface area contributed by atoms with Gasteiger partial charge in [0, 0.05) is 49.6 Å². The van der Waals surface area contributed by atoms with Gasteiger partial charge in [-0.2, -0.15) is 0 Å². The zero-order valence-corrected chi connectivity index (χ0v) is 37.0. The molecule has 2 aliphatic rings. The van der Waals surface area contributed by atoms with E-state index < -0.39 is 16.1 Å². The highest BCUT2D eigenvalue weighted by Gasteiger charge is 2.52. The van der Waals surface area contributed by atoms with Crippen LogP contribution < -0.4 is 0 Å². The zero-order chi connectivity index (χ0) is 41.9. The molecule has 298 valence electrons. The highest BCUT2D eigenvalue weighted by molar-refractivity contribution is 7.17. The van der Waals surface area contributed by atoms with Crippen LogP contribution in [0.4, 0.5) is 0 Å². The first-order chi connectivity index (χ1) is 30.6. The van der Waals surface area contributed by atoms with Crippen LogP contribution in [0, 0.1) is 0 Å². The summed E-state index contributed by atoms with van der Waals surface area (Å²) in [6.07, 6.45) is 16.0. The van der Waals surface area contributed by atoms with Crippen molar-refractivity contribution < 1.29 is 0 Å². The molecule has 10 rings (SSSR count). The van der Waals surface area contributed by atoms with Crippen LogP contribution in [0.2, 0.25) is 25.2 Å². The standard InChI is InChI=1S/C56H46N4Si2/c1-61(53(45-27-15-31-57-37-45)49(41-19-7-3-8-20-41)50(42-21-9-4-10-22-42)54(61)46-28-16-32-58-38-46)35-36-62(2)55(47-29-17-33-59-39-47)51(43-23-11-5-12-24-43)52(44-25-13-6-14-26-44)56(62)48-30-18-34-60-40-48/h3-34,37-40H,35-36H2,1-2H3. The van der Waals surface area contributed by atoms with Gasteiger partial charge in [-0.25, -0.2) is 0 Å². The fourth-order valence-electron chi connectivity index (χ4n) is 10.3. The van der Waals surface area contributed by atoms with Gasteiger partial charge in [-0.05, 0) is 112 Å². The first-order valence-corrected chi connectivity index (χ1v) is 26.8. The topological polar surface area (TPSA) is 51.6 Å². The van der Waals surface area contributed by atoms with Gasteiger partial charge in [0.2, 0.25) is 0 Å². The Bertz CT molecular complexity index is 2570. The average Bonchev–Trinajstić information content (AvgIpc) is 3.79. The first-order valence-electron chi connectivity index (χ1n) is 21.4. The van der Waals surface area contributed by atoms with Crippen LogP contribution in [0.15, 0.2) is 219 Å². The molecular formula is C56H46N4Si2. The Morgan fingerprint density at radius 2 is 0.484 bits per heavy atom. The second-order valence-corrected chi connectivity index (χ2v) is 24.9. The third-order valence-corrected chi connectivity index (χ3v) is 22.5. The normalized spacial score (nSPS) is 15.7. The molecule has 0 spiro atoms. The minimum absolute atomic E-state index is 0.995. The molecule has 2 aliphatic heterocycles. The summed E-state index contributed by atoms with van der Waals surface area (Å²) in [5.41, 5.74) is 14.8. The fraction of sp³-hybridized carbons (Fsp3) is 0.0714. The lowest BCUT2D eigenvalue weighted by Crippen LogP contribution is -2.39. The molecule has 0 aliphatic carbocycles. The van der Waals surface area contributed by atoms with Crippen LogP contribution in [0.3, 0.4) is 0 Å². The van der Waals surface area contributed by atoms with Gasteiger partial charge in [0.05, 0.1) is 0 Å². The lowest BCUT2D eigenvalue weighted by atomic mass is 9.89. The van der Waals surface area contributed by atoms with E-state index in [0.717, 1.165) is 12.1 Å². The molecule has 8 aromatic rings. The molecule has 6 heteroatoms. The molecule has 0 fully saturated rings. The molecule has 4 nitrogen and oxygen atoms in total. The first kappa shape index (κ1) is 39.0. The molecule has 0 amide bonds. The van der Waals surface area contributed by atoms with Crippen molar-refractivity contribution in [2.45, 2.75) is 25.2 Å². The van der Waals surface area contributed by atoms with Crippen LogP contribution in [0.25, 0.3) is 43.1 Å². The van der Waals surface area contributed by atoms with E-state index in [4.69, 9.17) is 19.9 Å². The number of pyridine rings is 4. The lowest BCUT2D eigenvalue weighted by Gasteiger charge is -2.36. The Hall–Kier alpha value is -7.13. The molecule has 0 saturated carbocycles. The van der Waals surface area contributed by atoms with Gasteiger partial charge in [-0.3, -0.25) is 19.9 Å². The molecule has 0 radical (unpaired) electrons. The maximum Gasteiger partial charge on any atom is 0.118 e. The second kappa shape index (κ2) is 16.7. The van der Waals surface area contributed by atoms with Gasteiger partial charge in [0.1, 0.15) is 16.1 Å². The molecule has 4 aromatic heterocycles. The number of allylic oxidation sites excluding steroid dienone is 4. The van der Waals surface area contributed by atoms with E-state index in [2.05, 4.69) is 208 Å². The van der Waals surface area contributed by atoms with E-state index in [1.54, 1.807) is 0 Å². The summed E-state index contributed by atoms with van der Waals surface area (Å²) in [6, 6.07) is 63.6. The summed E-state index contributed by atoms with van der Waals surface area (Å²) in [7, 11) is -5.52. The monoisotopic (exact) mass is 830 g/mol. The van der Waals surface area contributed by atoms with Crippen molar-refractivity contribution in [2.24, 2.45) is 0 Å². The summed E-state index contributed by atoms with van der Waals surface area (Å²) in [4.78, 5) is 19.2. The van der Waals surface area contributed by atoms with Gasteiger partial charge in [0.25, 0.3) is 0 Å². The van der Waals surface area contributed by atoms with Crippen molar-refractivity contribution >= 4 is 59.2 Å². The van der Waals surface area contributed by atoms with Crippen LogP contribution in [0.5, 0.6) is 0 Å². The summed E-state index contributed by atoms with van der Waals surface area (Å²) >= 11 is 0.